The number of anilines is 1. The number of carbonyl (C=O) groups is 1. The quantitative estimate of drug-likeness (QED) is 0.554. The predicted octanol–water partition coefficient (Wildman–Crippen LogP) is 3.09. The molecule has 2 fully saturated rings. The first-order valence-electron chi connectivity index (χ1n) is 11.6. The monoisotopic (exact) mass is 481 g/mol. The first-order valence-corrected chi connectivity index (χ1v) is 11.9. The van der Waals surface area contributed by atoms with Gasteiger partial charge in [0.2, 0.25) is 0 Å². The molecule has 34 heavy (non-hydrogen) atoms. The molecular weight excluding hydrogens is 454 g/mol. The first-order chi connectivity index (χ1) is 16.6. The van der Waals surface area contributed by atoms with Crippen LogP contribution in [0.3, 0.4) is 0 Å². The molecule has 0 N–H and O–H groups in total. The largest absolute Gasteiger partial charge is 0.497 e. The van der Waals surface area contributed by atoms with Crippen LogP contribution in [-0.4, -0.2) is 85.3 Å². The Hall–Kier alpha value is -2.94. The lowest BCUT2D eigenvalue weighted by Crippen LogP contribution is -2.48. The van der Waals surface area contributed by atoms with E-state index in [0.29, 0.717) is 49.2 Å². The Kier molecular flexibility index (Phi) is 6.80. The van der Waals surface area contributed by atoms with Crippen molar-refractivity contribution in [2.45, 2.75) is 6.54 Å². The number of halogens is 1. The number of hydrogen-bond donors (Lipinski definition) is 0. The van der Waals surface area contributed by atoms with Crippen molar-refractivity contribution in [3.05, 3.63) is 58.9 Å². The molecule has 1 amide bonds. The number of amides is 1. The van der Waals surface area contributed by atoms with Crippen LogP contribution in [0.25, 0.3) is 10.9 Å². The maximum atomic E-state index is 12.9. The molecule has 2 saturated heterocycles. The zero-order valence-electron chi connectivity index (χ0n) is 19.2. The van der Waals surface area contributed by atoms with Gasteiger partial charge in [-0.2, -0.15) is 0 Å². The fourth-order valence-electron chi connectivity index (χ4n) is 4.47. The number of rotatable bonds is 5. The Morgan fingerprint density at radius 1 is 1.03 bits per heavy atom. The number of methoxy groups -OCH3 is 1. The van der Waals surface area contributed by atoms with Crippen molar-refractivity contribution in [2.24, 2.45) is 0 Å². The van der Waals surface area contributed by atoms with E-state index in [1.807, 2.05) is 41.3 Å². The molecule has 1 aromatic heterocycles. The summed E-state index contributed by atoms with van der Waals surface area (Å²) in [7, 11) is 1.61. The van der Waals surface area contributed by atoms with E-state index < -0.39 is 0 Å². The van der Waals surface area contributed by atoms with Crippen LogP contribution in [0.1, 0.15) is 16.2 Å². The van der Waals surface area contributed by atoms with E-state index in [0.717, 1.165) is 48.7 Å². The molecule has 0 atom stereocenters. The average Bonchev–Trinajstić information content (AvgIpc) is 2.89. The number of carbonyl (C=O) groups excluding carboxylic acids is 1. The number of morpholine rings is 1. The molecule has 0 spiro atoms. The third-order valence-corrected chi connectivity index (χ3v) is 6.57. The van der Waals surface area contributed by atoms with Crippen LogP contribution in [0.15, 0.2) is 42.5 Å². The van der Waals surface area contributed by atoms with E-state index in [1.54, 1.807) is 13.2 Å². The Morgan fingerprint density at radius 3 is 2.59 bits per heavy atom. The van der Waals surface area contributed by atoms with Gasteiger partial charge < -0.3 is 19.3 Å². The SMILES string of the molecule is COc1cccc(C(=O)N2CCN(Cc3nc(N4CCOCC4)c4cc(Cl)ccc4n3)CC2)c1. The van der Waals surface area contributed by atoms with Gasteiger partial charge in [0.05, 0.1) is 32.4 Å². The van der Waals surface area contributed by atoms with Gasteiger partial charge in [-0.1, -0.05) is 17.7 Å². The van der Waals surface area contributed by atoms with Crippen LogP contribution in [0, 0.1) is 0 Å². The van der Waals surface area contributed by atoms with Crippen LogP contribution in [0.5, 0.6) is 5.75 Å². The standard InChI is InChI=1S/C25H28ClN5O3/c1-33-20-4-2-3-18(15-20)25(32)31-9-7-29(8-10-31)17-23-27-22-6-5-19(26)16-21(22)24(28-23)30-11-13-34-14-12-30/h2-6,15-16H,7-14,17H2,1H3. The molecule has 0 saturated carbocycles. The molecule has 9 heteroatoms. The van der Waals surface area contributed by atoms with E-state index in [9.17, 15) is 4.79 Å². The summed E-state index contributed by atoms with van der Waals surface area (Å²) in [6, 6.07) is 13.1. The summed E-state index contributed by atoms with van der Waals surface area (Å²) in [5.74, 6) is 2.42. The Labute approximate surface area is 204 Å². The van der Waals surface area contributed by atoms with Crippen molar-refractivity contribution in [3.63, 3.8) is 0 Å². The number of hydrogen-bond acceptors (Lipinski definition) is 7. The zero-order valence-corrected chi connectivity index (χ0v) is 20.0. The van der Waals surface area contributed by atoms with Gasteiger partial charge in [0.15, 0.2) is 0 Å². The third-order valence-electron chi connectivity index (χ3n) is 6.34. The van der Waals surface area contributed by atoms with E-state index >= 15 is 0 Å². The van der Waals surface area contributed by atoms with Crippen molar-refractivity contribution >= 4 is 34.2 Å². The predicted molar refractivity (Wildman–Crippen MR) is 132 cm³/mol. The van der Waals surface area contributed by atoms with Crippen LogP contribution in [-0.2, 0) is 11.3 Å². The third kappa shape index (κ3) is 4.94. The summed E-state index contributed by atoms with van der Waals surface area (Å²) < 4.78 is 10.8. The molecule has 0 bridgehead atoms. The molecule has 5 rings (SSSR count). The number of benzene rings is 2. The molecule has 3 heterocycles. The van der Waals surface area contributed by atoms with Crippen LogP contribution < -0.4 is 9.64 Å². The Balaban J connectivity index is 1.29. The second-order valence-electron chi connectivity index (χ2n) is 8.52. The summed E-state index contributed by atoms with van der Waals surface area (Å²) in [5, 5.41) is 1.64. The summed E-state index contributed by atoms with van der Waals surface area (Å²) in [5.41, 5.74) is 1.54. The normalized spacial score (nSPS) is 17.2. The number of aromatic nitrogens is 2. The molecular formula is C25H28ClN5O3. The van der Waals surface area contributed by atoms with Gasteiger partial charge in [-0.3, -0.25) is 9.69 Å². The molecule has 3 aromatic rings. The maximum absolute atomic E-state index is 12.9. The lowest BCUT2D eigenvalue weighted by Gasteiger charge is -2.34. The minimum Gasteiger partial charge on any atom is -0.497 e. The average molecular weight is 482 g/mol. The molecule has 8 nitrogen and oxygen atoms in total. The van der Waals surface area contributed by atoms with Gasteiger partial charge in [-0.15, -0.1) is 0 Å². The summed E-state index contributed by atoms with van der Waals surface area (Å²) in [6.07, 6.45) is 0. The topological polar surface area (TPSA) is 71.0 Å². The second-order valence-corrected chi connectivity index (χ2v) is 8.96. The minimum absolute atomic E-state index is 0.0342. The number of nitrogens with zero attached hydrogens (tertiary/aromatic N) is 5. The summed E-state index contributed by atoms with van der Waals surface area (Å²) >= 11 is 6.28. The van der Waals surface area contributed by atoms with Gasteiger partial charge in [-0.25, -0.2) is 9.97 Å². The zero-order chi connectivity index (χ0) is 23.5. The second kappa shape index (κ2) is 10.1. The molecule has 0 unspecified atom stereocenters. The highest BCUT2D eigenvalue weighted by molar-refractivity contribution is 6.31. The molecule has 0 radical (unpaired) electrons. The van der Waals surface area contributed by atoms with Crippen LogP contribution in [0.2, 0.25) is 5.02 Å². The van der Waals surface area contributed by atoms with Crippen molar-refractivity contribution in [1.29, 1.82) is 0 Å². The minimum atomic E-state index is 0.0342. The Bertz CT molecular complexity index is 1180. The molecule has 2 aliphatic heterocycles. The fourth-order valence-corrected chi connectivity index (χ4v) is 4.64. The number of piperazine rings is 1. The van der Waals surface area contributed by atoms with E-state index in [-0.39, 0.29) is 5.91 Å². The van der Waals surface area contributed by atoms with E-state index in [2.05, 4.69) is 9.80 Å². The van der Waals surface area contributed by atoms with Crippen molar-refractivity contribution < 1.29 is 14.3 Å². The molecule has 2 aromatic carbocycles. The van der Waals surface area contributed by atoms with Crippen molar-refractivity contribution in [1.82, 2.24) is 19.8 Å². The smallest absolute Gasteiger partial charge is 0.254 e. The summed E-state index contributed by atoms with van der Waals surface area (Å²) in [6.45, 7) is 6.46. The van der Waals surface area contributed by atoms with E-state index in [4.69, 9.17) is 31.0 Å². The van der Waals surface area contributed by atoms with Gasteiger partial charge in [0.25, 0.3) is 5.91 Å². The fraction of sp³-hybridized carbons (Fsp3) is 0.400. The molecule has 178 valence electrons. The highest BCUT2D eigenvalue weighted by Gasteiger charge is 2.24. The van der Waals surface area contributed by atoms with E-state index in [1.165, 1.54) is 0 Å². The highest BCUT2D eigenvalue weighted by Crippen LogP contribution is 2.28. The van der Waals surface area contributed by atoms with Gasteiger partial charge in [-0.05, 0) is 36.4 Å². The van der Waals surface area contributed by atoms with Crippen molar-refractivity contribution in [3.8, 4) is 5.75 Å². The molecule has 0 aliphatic carbocycles. The number of ether oxygens (including phenoxy) is 2. The van der Waals surface area contributed by atoms with Crippen LogP contribution in [0.4, 0.5) is 5.82 Å². The van der Waals surface area contributed by atoms with Gasteiger partial charge >= 0.3 is 0 Å². The van der Waals surface area contributed by atoms with Gasteiger partial charge in [0, 0.05) is 55.2 Å². The first kappa shape index (κ1) is 22.8. The Morgan fingerprint density at radius 2 is 1.82 bits per heavy atom. The summed E-state index contributed by atoms with van der Waals surface area (Å²) in [4.78, 5) is 29.1. The lowest BCUT2D eigenvalue weighted by molar-refractivity contribution is 0.0625. The molecule has 2 aliphatic rings. The highest BCUT2D eigenvalue weighted by atomic mass is 35.5. The lowest BCUT2D eigenvalue weighted by atomic mass is 10.1. The van der Waals surface area contributed by atoms with Crippen molar-refractivity contribution in [2.75, 3.05) is 64.5 Å². The van der Waals surface area contributed by atoms with Crippen LogP contribution >= 0.6 is 11.6 Å². The van der Waals surface area contributed by atoms with Gasteiger partial charge in [0.1, 0.15) is 17.4 Å². The number of fused-ring (bicyclic) bond motifs is 1. The maximum Gasteiger partial charge on any atom is 0.254 e.